The van der Waals surface area contributed by atoms with Gasteiger partial charge < -0.3 is 16.4 Å². The fourth-order valence-electron chi connectivity index (χ4n) is 0.0747. The van der Waals surface area contributed by atoms with E-state index in [1.807, 2.05) is 0 Å². The van der Waals surface area contributed by atoms with Crippen molar-refractivity contribution in [2.24, 2.45) is 0 Å². The van der Waals surface area contributed by atoms with Crippen LogP contribution in [0.5, 0.6) is 0 Å². The summed E-state index contributed by atoms with van der Waals surface area (Å²) in [7, 11) is 0. The van der Waals surface area contributed by atoms with Gasteiger partial charge in [-0.15, -0.1) is 23.2 Å². The van der Waals surface area contributed by atoms with Crippen molar-refractivity contribution < 1.29 is 77.4 Å². The predicted molar refractivity (Wildman–Crippen MR) is 34.8 cm³/mol. The topological polar surface area (TPSA) is 83.8 Å². The molecule has 0 aliphatic carbocycles. The number of hydrogen-bond acceptors (Lipinski definition) is 3. The van der Waals surface area contributed by atoms with E-state index in [1.165, 1.54) is 0 Å². The average molecular weight is 231 g/mol. The van der Waals surface area contributed by atoms with Gasteiger partial charge in [0.15, 0.2) is 0 Å². The van der Waals surface area contributed by atoms with Gasteiger partial charge in [-0.25, -0.2) is 9.59 Å². The van der Waals surface area contributed by atoms with Crippen molar-refractivity contribution >= 4 is 35.5 Å². The standard InChI is InChI=1S/C2H2O5.CH2Cl2.K.H/c3-1(4)7-2(5)6;2-1-3;;/h(H,3,4)(H,5,6);1H2;;/q;;+1;-1. The molecule has 0 aromatic rings. The second-order valence-electron chi connectivity index (χ2n) is 0.735. The van der Waals surface area contributed by atoms with Gasteiger partial charge in [-0.2, -0.15) is 0 Å². The molecule has 11 heavy (non-hydrogen) atoms. The van der Waals surface area contributed by atoms with Gasteiger partial charge >= 0.3 is 63.7 Å². The first-order valence-electron chi connectivity index (χ1n) is 1.80. The Balaban J connectivity index is -0.0000000569. The molecule has 5 nitrogen and oxygen atoms in total. The molecule has 0 aliphatic heterocycles. The van der Waals surface area contributed by atoms with Crippen LogP contribution in [0.3, 0.4) is 0 Å². The largest absolute Gasteiger partial charge is 1.00 e. The van der Waals surface area contributed by atoms with Gasteiger partial charge in [0.1, 0.15) is 0 Å². The third-order valence-electron chi connectivity index (χ3n) is 0.175. The van der Waals surface area contributed by atoms with E-state index in [9.17, 15) is 9.59 Å². The fourth-order valence-corrected chi connectivity index (χ4v) is 0.0747. The summed E-state index contributed by atoms with van der Waals surface area (Å²) in [6, 6.07) is 0. The summed E-state index contributed by atoms with van der Waals surface area (Å²) in [4.78, 5) is 18.4. The van der Waals surface area contributed by atoms with E-state index < -0.39 is 12.3 Å². The average Bonchev–Trinajstić information content (AvgIpc) is 1.62. The van der Waals surface area contributed by atoms with E-state index in [0.717, 1.165) is 0 Å². The maximum atomic E-state index is 9.21. The molecule has 0 saturated heterocycles. The van der Waals surface area contributed by atoms with Crippen LogP contribution in [-0.4, -0.2) is 27.9 Å². The first-order chi connectivity index (χ1) is 4.54. The molecule has 0 radical (unpaired) electrons. The Bertz CT molecular complexity index is 111. The van der Waals surface area contributed by atoms with Crippen molar-refractivity contribution in [2.45, 2.75) is 0 Å². The molecule has 0 unspecified atom stereocenters. The van der Waals surface area contributed by atoms with Crippen molar-refractivity contribution in [2.75, 3.05) is 5.34 Å². The van der Waals surface area contributed by atoms with E-state index >= 15 is 0 Å². The summed E-state index contributed by atoms with van der Waals surface area (Å²) in [5, 5.41) is 15.2. The van der Waals surface area contributed by atoms with E-state index in [-0.39, 0.29) is 58.2 Å². The van der Waals surface area contributed by atoms with Crippen LogP contribution in [-0.2, 0) is 4.74 Å². The molecule has 0 heterocycles. The number of rotatable bonds is 0. The number of carboxylic acid groups (broad SMARTS) is 2. The molecule has 0 aromatic carbocycles. The van der Waals surface area contributed by atoms with E-state index in [1.54, 1.807) is 0 Å². The van der Waals surface area contributed by atoms with Gasteiger partial charge in [0.2, 0.25) is 0 Å². The molecular weight excluding hydrogens is 226 g/mol. The molecule has 2 N–H and O–H groups in total. The Morgan fingerprint density at radius 3 is 1.45 bits per heavy atom. The maximum absolute atomic E-state index is 9.21. The van der Waals surface area contributed by atoms with Gasteiger partial charge in [-0.3, -0.25) is 0 Å². The molecule has 62 valence electrons. The summed E-state index contributed by atoms with van der Waals surface area (Å²) in [6.07, 6.45) is -3.62. The first-order valence-corrected chi connectivity index (χ1v) is 2.87. The summed E-state index contributed by atoms with van der Waals surface area (Å²) in [5.74, 6) is 0. The fraction of sp³-hybridized carbons (Fsp3) is 0.333. The summed E-state index contributed by atoms with van der Waals surface area (Å²) >= 11 is 9.53. The summed E-state index contributed by atoms with van der Waals surface area (Å²) < 4.78 is 3.08. The Morgan fingerprint density at radius 1 is 1.27 bits per heavy atom. The van der Waals surface area contributed by atoms with Crippen LogP contribution < -0.4 is 51.4 Å². The third-order valence-corrected chi connectivity index (χ3v) is 0.175. The molecule has 0 atom stereocenters. The van der Waals surface area contributed by atoms with Crippen LogP contribution in [0, 0.1) is 0 Å². The van der Waals surface area contributed by atoms with Gasteiger partial charge in [-0.1, -0.05) is 0 Å². The number of carbonyl (C=O) groups is 2. The molecule has 0 amide bonds. The monoisotopic (exact) mass is 230 g/mol. The minimum atomic E-state index is -1.81. The molecular formula is C3H5Cl2KO5. The van der Waals surface area contributed by atoms with Crippen molar-refractivity contribution in [1.29, 1.82) is 0 Å². The maximum Gasteiger partial charge on any atom is 1.00 e. The second-order valence-corrected chi connectivity index (χ2v) is 1.54. The first kappa shape index (κ1) is 17.9. The minimum Gasteiger partial charge on any atom is -1.00 e. The second kappa shape index (κ2) is 13.5. The Labute approximate surface area is 117 Å². The van der Waals surface area contributed by atoms with Gasteiger partial charge in [0.05, 0.1) is 5.34 Å². The van der Waals surface area contributed by atoms with Crippen LogP contribution in [0.2, 0.25) is 0 Å². The Morgan fingerprint density at radius 2 is 1.45 bits per heavy atom. The molecule has 0 spiro atoms. The summed E-state index contributed by atoms with van der Waals surface area (Å²) in [6.45, 7) is 0. The molecule has 0 aliphatic rings. The zero-order chi connectivity index (χ0) is 8.57. The van der Waals surface area contributed by atoms with Crippen LogP contribution in [0.25, 0.3) is 0 Å². The number of halogens is 2. The Hall–Kier alpha value is 0.956. The Kier molecular flexibility index (Phi) is 22.0. The zero-order valence-corrected chi connectivity index (χ0v) is 10.2. The van der Waals surface area contributed by atoms with Crippen LogP contribution in [0.4, 0.5) is 9.59 Å². The molecule has 0 saturated carbocycles. The number of hydrogen-bond donors (Lipinski definition) is 2. The molecule has 0 aromatic heterocycles. The zero-order valence-electron chi connectivity index (χ0n) is 6.58. The number of alkyl halides is 2. The van der Waals surface area contributed by atoms with Gasteiger partial charge in [0, 0.05) is 0 Å². The predicted octanol–water partition coefficient (Wildman–Crippen LogP) is -1.10. The smallest absolute Gasteiger partial charge is 1.00 e. The van der Waals surface area contributed by atoms with Crippen LogP contribution in [0.15, 0.2) is 0 Å². The van der Waals surface area contributed by atoms with Crippen LogP contribution in [0.1, 0.15) is 1.43 Å². The molecule has 0 fully saturated rings. The van der Waals surface area contributed by atoms with Gasteiger partial charge in [0.25, 0.3) is 0 Å². The van der Waals surface area contributed by atoms with E-state index in [4.69, 9.17) is 33.4 Å². The molecule has 0 rings (SSSR count). The van der Waals surface area contributed by atoms with E-state index in [2.05, 4.69) is 4.74 Å². The van der Waals surface area contributed by atoms with Crippen molar-refractivity contribution in [1.82, 2.24) is 0 Å². The van der Waals surface area contributed by atoms with Crippen molar-refractivity contribution in [3.63, 3.8) is 0 Å². The van der Waals surface area contributed by atoms with Crippen molar-refractivity contribution in [3.05, 3.63) is 0 Å². The third kappa shape index (κ3) is 35.8. The quantitative estimate of drug-likeness (QED) is 0.239. The van der Waals surface area contributed by atoms with Crippen LogP contribution >= 0.6 is 23.2 Å². The van der Waals surface area contributed by atoms with Crippen molar-refractivity contribution in [3.8, 4) is 0 Å². The normalized spacial score (nSPS) is 6.36. The molecule has 0 bridgehead atoms. The van der Waals surface area contributed by atoms with Gasteiger partial charge in [-0.05, 0) is 0 Å². The SMILES string of the molecule is ClCCl.O=C(O)OC(=O)O.[H-].[K+]. The minimum absolute atomic E-state index is 0. The summed E-state index contributed by atoms with van der Waals surface area (Å²) in [5.41, 5.74) is 0. The number of ether oxygens (including phenoxy) is 1. The van der Waals surface area contributed by atoms with E-state index in [0.29, 0.717) is 0 Å². The molecule has 8 heteroatoms.